The van der Waals surface area contributed by atoms with Crippen LogP contribution in [0, 0.1) is 6.92 Å². The third-order valence-corrected chi connectivity index (χ3v) is 3.02. The molecule has 1 N–H and O–H groups in total. The van der Waals surface area contributed by atoms with Crippen LogP contribution in [0.4, 0.5) is 0 Å². The van der Waals surface area contributed by atoms with Gasteiger partial charge in [0.1, 0.15) is 0 Å². The SMILES string of the molecule is Cc1ccc(C(=O)c2cc(C=CC(=O)O)n(C)c2)cc1. The molecule has 1 heterocycles. The molecule has 2 aromatic rings. The molecular formula is C16H15NO3. The third-order valence-electron chi connectivity index (χ3n) is 3.02. The van der Waals surface area contributed by atoms with Gasteiger partial charge in [-0.3, -0.25) is 4.79 Å². The summed E-state index contributed by atoms with van der Waals surface area (Å²) in [5.74, 6) is -1.09. The molecule has 1 aromatic heterocycles. The van der Waals surface area contributed by atoms with E-state index in [9.17, 15) is 9.59 Å². The first-order valence-corrected chi connectivity index (χ1v) is 6.16. The Labute approximate surface area is 117 Å². The van der Waals surface area contributed by atoms with E-state index in [2.05, 4.69) is 0 Å². The molecule has 0 amide bonds. The lowest BCUT2D eigenvalue weighted by molar-refractivity contribution is -0.131. The molecule has 102 valence electrons. The molecule has 0 spiro atoms. The lowest BCUT2D eigenvalue weighted by atomic mass is 10.0. The van der Waals surface area contributed by atoms with Crippen LogP contribution in [0.1, 0.15) is 27.2 Å². The molecule has 4 nitrogen and oxygen atoms in total. The van der Waals surface area contributed by atoms with Crippen LogP contribution in [0.25, 0.3) is 6.08 Å². The van der Waals surface area contributed by atoms with E-state index in [1.165, 1.54) is 6.08 Å². The molecule has 0 saturated heterocycles. The van der Waals surface area contributed by atoms with Gasteiger partial charge in [0, 0.05) is 36.1 Å². The molecule has 1 aromatic carbocycles. The standard InChI is InChI=1S/C16H15NO3/c1-11-3-5-12(6-4-11)16(20)13-9-14(17(2)10-13)7-8-15(18)19/h3-10H,1-2H3,(H,18,19). The van der Waals surface area contributed by atoms with E-state index in [1.807, 2.05) is 19.1 Å². The van der Waals surface area contributed by atoms with Crippen LogP contribution in [-0.4, -0.2) is 21.4 Å². The van der Waals surface area contributed by atoms with E-state index >= 15 is 0 Å². The van der Waals surface area contributed by atoms with E-state index in [1.54, 1.807) is 36.0 Å². The smallest absolute Gasteiger partial charge is 0.328 e. The van der Waals surface area contributed by atoms with Crippen molar-refractivity contribution in [1.29, 1.82) is 0 Å². The van der Waals surface area contributed by atoms with Crippen molar-refractivity contribution in [1.82, 2.24) is 4.57 Å². The average Bonchev–Trinajstić information content (AvgIpc) is 2.78. The Kier molecular flexibility index (Phi) is 3.84. The number of ketones is 1. The summed E-state index contributed by atoms with van der Waals surface area (Å²) in [6.45, 7) is 1.96. The number of hydrogen-bond donors (Lipinski definition) is 1. The largest absolute Gasteiger partial charge is 0.478 e. The van der Waals surface area contributed by atoms with Crippen molar-refractivity contribution in [2.24, 2.45) is 7.05 Å². The Morgan fingerprint density at radius 1 is 1.15 bits per heavy atom. The number of carbonyl (C=O) groups excluding carboxylic acids is 1. The Hall–Kier alpha value is -2.62. The topological polar surface area (TPSA) is 59.3 Å². The number of nitrogens with zero attached hydrogens (tertiary/aromatic N) is 1. The van der Waals surface area contributed by atoms with Crippen molar-refractivity contribution in [3.63, 3.8) is 0 Å². The first kappa shape index (κ1) is 13.8. The van der Waals surface area contributed by atoms with Crippen LogP contribution < -0.4 is 0 Å². The van der Waals surface area contributed by atoms with Crippen LogP contribution in [-0.2, 0) is 11.8 Å². The second kappa shape index (κ2) is 5.57. The van der Waals surface area contributed by atoms with E-state index in [0.29, 0.717) is 16.8 Å². The van der Waals surface area contributed by atoms with Gasteiger partial charge in [-0.25, -0.2) is 4.79 Å². The number of carbonyl (C=O) groups is 2. The van der Waals surface area contributed by atoms with Gasteiger partial charge in [-0.05, 0) is 19.1 Å². The maximum Gasteiger partial charge on any atom is 0.328 e. The molecule has 2 rings (SSSR count). The highest BCUT2D eigenvalue weighted by Gasteiger charge is 2.11. The van der Waals surface area contributed by atoms with Crippen LogP contribution >= 0.6 is 0 Å². The Morgan fingerprint density at radius 2 is 1.80 bits per heavy atom. The summed E-state index contributed by atoms with van der Waals surface area (Å²) < 4.78 is 1.72. The molecule has 0 unspecified atom stereocenters. The number of aromatic nitrogens is 1. The highest BCUT2D eigenvalue weighted by Crippen LogP contribution is 2.15. The van der Waals surface area contributed by atoms with Crippen LogP contribution in [0.15, 0.2) is 42.6 Å². The van der Waals surface area contributed by atoms with E-state index < -0.39 is 5.97 Å². The second-order valence-electron chi connectivity index (χ2n) is 4.63. The maximum atomic E-state index is 12.3. The summed E-state index contributed by atoms with van der Waals surface area (Å²) >= 11 is 0. The van der Waals surface area contributed by atoms with Gasteiger partial charge in [0.15, 0.2) is 5.78 Å². The quantitative estimate of drug-likeness (QED) is 0.685. The molecule has 0 aliphatic heterocycles. The summed E-state index contributed by atoms with van der Waals surface area (Å²) in [4.78, 5) is 22.8. The molecule has 0 aliphatic rings. The van der Waals surface area contributed by atoms with Gasteiger partial charge in [-0.2, -0.15) is 0 Å². The molecule has 4 heteroatoms. The minimum Gasteiger partial charge on any atom is -0.478 e. The maximum absolute atomic E-state index is 12.3. The zero-order valence-electron chi connectivity index (χ0n) is 11.3. The molecule has 0 aliphatic carbocycles. The zero-order valence-corrected chi connectivity index (χ0v) is 11.3. The van der Waals surface area contributed by atoms with Crippen LogP contribution in [0.5, 0.6) is 0 Å². The third kappa shape index (κ3) is 3.03. The van der Waals surface area contributed by atoms with Gasteiger partial charge in [0.25, 0.3) is 0 Å². The Balaban J connectivity index is 2.29. The van der Waals surface area contributed by atoms with E-state index in [0.717, 1.165) is 11.6 Å². The molecular weight excluding hydrogens is 254 g/mol. The summed E-state index contributed by atoms with van der Waals surface area (Å²) in [5, 5.41) is 8.62. The highest BCUT2D eigenvalue weighted by atomic mass is 16.4. The molecule has 0 bridgehead atoms. The first-order chi connectivity index (χ1) is 9.47. The minimum absolute atomic E-state index is 0.0735. The van der Waals surface area contributed by atoms with E-state index in [4.69, 9.17) is 5.11 Å². The zero-order chi connectivity index (χ0) is 14.7. The lowest BCUT2D eigenvalue weighted by Crippen LogP contribution is -1.99. The number of carboxylic acid groups (broad SMARTS) is 1. The molecule has 20 heavy (non-hydrogen) atoms. The number of aryl methyl sites for hydroxylation is 2. The number of aliphatic carboxylic acids is 1. The minimum atomic E-state index is -1.02. The van der Waals surface area contributed by atoms with Crippen LogP contribution in [0.2, 0.25) is 0 Å². The van der Waals surface area contributed by atoms with E-state index in [-0.39, 0.29) is 5.78 Å². The van der Waals surface area contributed by atoms with Crippen molar-refractivity contribution >= 4 is 17.8 Å². The second-order valence-corrected chi connectivity index (χ2v) is 4.63. The predicted molar refractivity (Wildman–Crippen MR) is 76.7 cm³/mol. The number of carboxylic acids is 1. The van der Waals surface area contributed by atoms with Crippen molar-refractivity contribution in [2.75, 3.05) is 0 Å². The predicted octanol–water partition coefficient (Wildman–Crippen LogP) is 2.66. The normalized spacial score (nSPS) is 10.9. The summed E-state index contributed by atoms with van der Waals surface area (Å²) in [7, 11) is 1.77. The Morgan fingerprint density at radius 3 is 2.40 bits per heavy atom. The monoisotopic (exact) mass is 269 g/mol. The molecule has 0 radical (unpaired) electrons. The van der Waals surface area contributed by atoms with Gasteiger partial charge in [0.05, 0.1) is 0 Å². The summed E-state index contributed by atoms with van der Waals surface area (Å²) in [6.07, 6.45) is 4.22. The number of hydrogen-bond acceptors (Lipinski definition) is 2. The lowest BCUT2D eigenvalue weighted by Gasteiger charge is -1.98. The molecule has 0 saturated carbocycles. The average molecular weight is 269 g/mol. The van der Waals surface area contributed by atoms with Crippen LogP contribution in [0.3, 0.4) is 0 Å². The molecule has 0 fully saturated rings. The summed E-state index contributed by atoms with van der Waals surface area (Å²) in [6, 6.07) is 9.04. The van der Waals surface area contributed by atoms with Crippen molar-refractivity contribution in [3.05, 3.63) is 65.0 Å². The van der Waals surface area contributed by atoms with Gasteiger partial charge in [0.2, 0.25) is 0 Å². The van der Waals surface area contributed by atoms with Gasteiger partial charge >= 0.3 is 5.97 Å². The van der Waals surface area contributed by atoms with Crippen molar-refractivity contribution in [2.45, 2.75) is 6.92 Å². The first-order valence-electron chi connectivity index (χ1n) is 6.16. The fourth-order valence-corrected chi connectivity index (χ4v) is 1.90. The fourth-order valence-electron chi connectivity index (χ4n) is 1.90. The van der Waals surface area contributed by atoms with Gasteiger partial charge < -0.3 is 9.67 Å². The number of rotatable bonds is 4. The highest BCUT2D eigenvalue weighted by molar-refractivity contribution is 6.09. The van der Waals surface area contributed by atoms with Crippen molar-refractivity contribution in [3.8, 4) is 0 Å². The van der Waals surface area contributed by atoms with Crippen molar-refractivity contribution < 1.29 is 14.7 Å². The van der Waals surface area contributed by atoms with Gasteiger partial charge in [-0.1, -0.05) is 29.8 Å². The number of benzene rings is 1. The summed E-state index contributed by atoms with van der Waals surface area (Å²) in [5.41, 5.74) is 2.93. The Bertz CT molecular complexity index is 678. The van der Waals surface area contributed by atoms with Gasteiger partial charge in [-0.15, -0.1) is 0 Å². The molecule has 0 atom stereocenters. The fraction of sp³-hybridized carbons (Fsp3) is 0.125.